The van der Waals surface area contributed by atoms with Crippen LogP contribution in [0.2, 0.25) is 0 Å². The Morgan fingerprint density at radius 1 is 1.12 bits per heavy atom. The standard InChI is InChI=1S/C18H14FN3O3/c19-13-4-2-6-15(10-13)25-11-12-3-1-5-14(9-12)20-18(24)16-7-8-17(23)22-21-16/h1-10H,11H2,(H,20,24)(H,22,23). The van der Waals surface area contributed by atoms with Gasteiger partial charge in [-0.25, -0.2) is 9.49 Å². The van der Waals surface area contributed by atoms with Gasteiger partial charge >= 0.3 is 0 Å². The summed E-state index contributed by atoms with van der Waals surface area (Å²) >= 11 is 0. The van der Waals surface area contributed by atoms with Crippen molar-refractivity contribution in [1.29, 1.82) is 0 Å². The Bertz CT molecular complexity index is 936. The topological polar surface area (TPSA) is 84.1 Å². The molecule has 0 aliphatic carbocycles. The van der Waals surface area contributed by atoms with Crippen molar-refractivity contribution in [3.63, 3.8) is 0 Å². The van der Waals surface area contributed by atoms with Crippen LogP contribution in [0.4, 0.5) is 10.1 Å². The van der Waals surface area contributed by atoms with Crippen LogP contribution in [0.25, 0.3) is 0 Å². The molecule has 3 aromatic rings. The number of amides is 1. The molecule has 1 amide bonds. The van der Waals surface area contributed by atoms with Crippen molar-refractivity contribution in [2.24, 2.45) is 0 Å². The van der Waals surface area contributed by atoms with Crippen LogP contribution in [-0.2, 0) is 6.61 Å². The van der Waals surface area contributed by atoms with Gasteiger partial charge in [0, 0.05) is 17.8 Å². The summed E-state index contributed by atoms with van der Waals surface area (Å²) in [6.45, 7) is 0.226. The molecule has 3 rings (SSSR count). The van der Waals surface area contributed by atoms with Crippen LogP contribution in [0.15, 0.2) is 65.5 Å². The number of benzene rings is 2. The van der Waals surface area contributed by atoms with E-state index in [9.17, 15) is 14.0 Å². The number of carbonyl (C=O) groups excluding carboxylic acids is 1. The SMILES string of the molecule is O=C(Nc1cccc(COc2cccc(F)c2)c1)c1ccc(=O)[nH]n1. The molecule has 0 saturated carbocycles. The van der Waals surface area contributed by atoms with Crippen LogP contribution < -0.4 is 15.6 Å². The van der Waals surface area contributed by atoms with Crippen molar-refractivity contribution >= 4 is 11.6 Å². The fourth-order valence-corrected chi connectivity index (χ4v) is 2.13. The first-order valence-corrected chi connectivity index (χ1v) is 7.44. The minimum absolute atomic E-state index is 0.0982. The van der Waals surface area contributed by atoms with Gasteiger partial charge in [0.25, 0.3) is 11.5 Å². The molecule has 25 heavy (non-hydrogen) atoms. The van der Waals surface area contributed by atoms with Gasteiger partial charge in [0.1, 0.15) is 23.9 Å². The summed E-state index contributed by atoms with van der Waals surface area (Å²) in [6, 6.07) is 15.5. The number of halogens is 1. The van der Waals surface area contributed by atoms with Crippen LogP contribution in [0.1, 0.15) is 16.1 Å². The fourth-order valence-electron chi connectivity index (χ4n) is 2.13. The number of hydrogen-bond acceptors (Lipinski definition) is 4. The highest BCUT2D eigenvalue weighted by molar-refractivity contribution is 6.02. The molecule has 0 spiro atoms. The quantitative estimate of drug-likeness (QED) is 0.749. The van der Waals surface area contributed by atoms with Crippen LogP contribution in [0.3, 0.4) is 0 Å². The molecule has 1 aromatic heterocycles. The zero-order valence-corrected chi connectivity index (χ0v) is 13.0. The monoisotopic (exact) mass is 339 g/mol. The maximum absolute atomic E-state index is 13.1. The Morgan fingerprint density at radius 2 is 1.96 bits per heavy atom. The number of H-pyrrole nitrogens is 1. The van der Waals surface area contributed by atoms with Crippen molar-refractivity contribution in [3.8, 4) is 5.75 Å². The first kappa shape index (κ1) is 16.4. The van der Waals surface area contributed by atoms with E-state index in [1.54, 1.807) is 30.3 Å². The molecule has 0 unspecified atom stereocenters. The first-order chi connectivity index (χ1) is 12.1. The number of rotatable bonds is 5. The minimum atomic E-state index is -0.445. The molecular weight excluding hydrogens is 325 g/mol. The minimum Gasteiger partial charge on any atom is -0.489 e. The molecule has 0 saturated heterocycles. The van der Waals surface area contributed by atoms with Crippen molar-refractivity contribution in [2.75, 3.05) is 5.32 Å². The predicted octanol–water partition coefficient (Wildman–Crippen LogP) is 2.74. The zero-order chi connectivity index (χ0) is 17.6. The Balaban J connectivity index is 1.65. The molecule has 0 radical (unpaired) electrons. The van der Waals surface area contributed by atoms with E-state index in [4.69, 9.17) is 4.74 Å². The van der Waals surface area contributed by atoms with Gasteiger partial charge in [0.2, 0.25) is 0 Å². The molecule has 1 heterocycles. The van der Waals surface area contributed by atoms with E-state index < -0.39 is 5.91 Å². The summed E-state index contributed by atoms with van der Waals surface area (Å²) in [5.74, 6) is -0.391. The van der Waals surface area contributed by atoms with Crippen LogP contribution >= 0.6 is 0 Å². The number of nitrogens with zero attached hydrogens (tertiary/aromatic N) is 1. The number of aromatic amines is 1. The third-order valence-electron chi connectivity index (χ3n) is 3.30. The van der Waals surface area contributed by atoms with Crippen molar-refractivity contribution in [1.82, 2.24) is 10.2 Å². The lowest BCUT2D eigenvalue weighted by atomic mass is 10.2. The van der Waals surface area contributed by atoms with Gasteiger partial charge in [-0.15, -0.1) is 0 Å². The van der Waals surface area contributed by atoms with Gasteiger partial charge in [-0.05, 0) is 35.9 Å². The number of aromatic nitrogens is 2. The third-order valence-corrected chi connectivity index (χ3v) is 3.30. The van der Waals surface area contributed by atoms with E-state index >= 15 is 0 Å². The first-order valence-electron chi connectivity index (χ1n) is 7.44. The van der Waals surface area contributed by atoms with Crippen molar-refractivity contribution < 1.29 is 13.9 Å². The Hall–Kier alpha value is -3.48. The molecule has 0 aliphatic heterocycles. The normalized spacial score (nSPS) is 10.3. The molecule has 126 valence electrons. The van der Waals surface area contributed by atoms with E-state index in [1.807, 2.05) is 6.07 Å². The van der Waals surface area contributed by atoms with E-state index in [0.29, 0.717) is 11.4 Å². The number of hydrogen-bond donors (Lipinski definition) is 2. The van der Waals surface area contributed by atoms with Gasteiger partial charge < -0.3 is 10.1 Å². The summed E-state index contributed by atoms with van der Waals surface area (Å²) in [5.41, 5.74) is 1.07. The second-order valence-electron chi connectivity index (χ2n) is 5.21. The highest BCUT2D eigenvalue weighted by atomic mass is 19.1. The van der Waals surface area contributed by atoms with Gasteiger partial charge in [-0.2, -0.15) is 5.10 Å². The Morgan fingerprint density at radius 3 is 2.72 bits per heavy atom. The number of anilines is 1. The molecular formula is C18H14FN3O3. The molecule has 0 fully saturated rings. The van der Waals surface area contributed by atoms with E-state index in [2.05, 4.69) is 15.5 Å². The predicted molar refractivity (Wildman–Crippen MR) is 90.0 cm³/mol. The lowest BCUT2D eigenvalue weighted by Gasteiger charge is -2.09. The molecule has 2 N–H and O–H groups in total. The maximum Gasteiger partial charge on any atom is 0.276 e. The number of carbonyl (C=O) groups is 1. The smallest absolute Gasteiger partial charge is 0.276 e. The van der Waals surface area contributed by atoms with Gasteiger partial charge in [0.15, 0.2) is 0 Å². The van der Waals surface area contributed by atoms with E-state index in [0.717, 1.165) is 5.56 Å². The highest BCUT2D eigenvalue weighted by Crippen LogP contribution is 2.16. The third kappa shape index (κ3) is 4.51. The lowest BCUT2D eigenvalue weighted by molar-refractivity contribution is 0.102. The maximum atomic E-state index is 13.1. The van der Waals surface area contributed by atoms with Gasteiger partial charge in [0.05, 0.1) is 0 Å². The molecule has 6 nitrogen and oxygen atoms in total. The average molecular weight is 339 g/mol. The average Bonchev–Trinajstić information content (AvgIpc) is 2.61. The number of nitrogens with one attached hydrogen (secondary N) is 2. The lowest BCUT2D eigenvalue weighted by Crippen LogP contribution is -2.17. The summed E-state index contributed by atoms with van der Waals surface area (Å²) in [6.07, 6.45) is 0. The van der Waals surface area contributed by atoms with Crippen molar-refractivity contribution in [3.05, 3.63) is 88.1 Å². The molecule has 0 aliphatic rings. The van der Waals surface area contributed by atoms with Gasteiger partial charge in [-0.1, -0.05) is 18.2 Å². The highest BCUT2D eigenvalue weighted by Gasteiger charge is 2.08. The second kappa shape index (κ2) is 7.39. The Kier molecular flexibility index (Phi) is 4.84. The Labute approximate surface area is 142 Å². The number of ether oxygens (including phenoxy) is 1. The second-order valence-corrected chi connectivity index (χ2v) is 5.21. The van der Waals surface area contributed by atoms with E-state index in [1.165, 1.54) is 24.3 Å². The van der Waals surface area contributed by atoms with Crippen LogP contribution in [0, 0.1) is 5.82 Å². The molecule has 0 bridgehead atoms. The summed E-state index contributed by atoms with van der Waals surface area (Å²) in [5, 5.41) is 8.56. The largest absolute Gasteiger partial charge is 0.489 e. The summed E-state index contributed by atoms with van der Waals surface area (Å²) in [4.78, 5) is 23.1. The molecule has 2 aromatic carbocycles. The zero-order valence-electron chi connectivity index (χ0n) is 13.0. The molecule has 7 heteroatoms. The van der Waals surface area contributed by atoms with Crippen LogP contribution in [-0.4, -0.2) is 16.1 Å². The van der Waals surface area contributed by atoms with E-state index in [-0.39, 0.29) is 23.7 Å². The molecule has 0 atom stereocenters. The summed E-state index contributed by atoms with van der Waals surface area (Å²) < 4.78 is 18.7. The summed E-state index contributed by atoms with van der Waals surface area (Å²) in [7, 11) is 0. The van der Waals surface area contributed by atoms with Gasteiger partial charge in [-0.3, -0.25) is 9.59 Å². The fraction of sp³-hybridized carbons (Fsp3) is 0.0556. The van der Waals surface area contributed by atoms with Crippen molar-refractivity contribution in [2.45, 2.75) is 6.61 Å². The van der Waals surface area contributed by atoms with Crippen LogP contribution in [0.5, 0.6) is 5.75 Å².